The second-order valence-electron chi connectivity index (χ2n) is 6.07. The van der Waals surface area contributed by atoms with Gasteiger partial charge in [-0.3, -0.25) is 9.59 Å². The van der Waals surface area contributed by atoms with Crippen molar-refractivity contribution in [1.29, 1.82) is 0 Å². The molecule has 0 bridgehead atoms. The molecule has 2 amide bonds. The molecular weight excluding hydrogens is 216 g/mol. The molecule has 17 heavy (non-hydrogen) atoms. The molecule has 96 valence electrons. The summed E-state index contributed by atoms with van der Waals surface area (Å²) in [4.78, 5) is 26.5. The first-order valence-corrected chi connectivity index (χ1v) is 6.46. The Morgan fingerprint density at radius 3 is 2.35 bits per heavy atom. The van der Waals surface area contributed by atoms with Gasteiger partial charge in [-0.1, -0.05) is 6.92 Å². The van der Waals surface area contributed by atoms with Gasteiger partial charge < -0.3 is 10.2 Å². The molecule has 0 radical (unpaired) electrons. The van der Waals surface area contributed by atoms with Crippen LogP contribution in [0.5, 0.6) is 0 Å². The first-order chi connectivity index (χ1) is 7.81. The van der Waals surface area contributed by atoms with E-state index in [2.05, 4.69) is 5.32 Å². The summed E-state index contributed by atoms with van der Waals surface area (Å²) < 4.78 is 0. The second-order valence-corrected chi connectivity index (χ2v) is 6.07. The van der Waals surface area contributed by atoms with Crippen LogP contribution in [0, 0.1) is 5.92 Å². The average Bonchev–Trinajstić information content (AvgIpc) is 3.05. The molecule has 2 aliphatic rings. The molecule has 1 aliphatic carbocycles. The SMILES string of the molecule is CCC1(C)C(=O)NC(C)(C)C(=O)N1CC1CC1. The Hall–Kier alpha value is -1.06. The first-order valence-electron chi connectivity index (χ1n) is 6.46. The van der Waals surface area contributed by atoms with E-state index >= 15 is 0 Å². The summed E-state index contributed by atoms with van der Waals surface area (Å²) >= 11 is 0. The number of hydrogen-bond acceptors (Lipinski definition) is 2. The molecule has 4 nitrogen and oxygen atoms in total. The Morgan fingerprint density at radius 1 is 1.29 bits per heavy atom. The summed E-state index contributed by atoms with van der Waals surface area (Å²) in [6.07, 6.45) is 3.03. The summed E-state index contributed by atoms with van der Waals surface area (Å²) in [5.74, 6) is 0.630. The lowest BCUT2D eigenvalue weighted by Gasteiger charge is -2.49. The topological polar surface area (TPSA) is 49.4 Å². The highest BCUT2D eigenvalue weighted by Gasteiger charge is 2.52. The van der Waals surface area contributed by atoms with Crippen molar-refractivity contribution in [3.05, 3.63) is 0 Å². The van der Waals surface area contributed by atoms with Crippen LogP contribution in [0.2, 0.25) is 0 Å². The van der Waals surface area contributed by atoms with Crippen molar-refractivity contribution < 1.29 is 9.59 Å². The van der Waals surface area contributed by atoms with Crippen LogP contribution < -0.4 is 5.32 Å². The number of amides is 2. The van der Waals surface area contributed by atoms with E-state index in [0.29, 0.717) is 12.3 Å². The molecule has 0 spiro atoms. The van der Waals surface area contributed by atoms with Crippen molar-refractivity contribution in [2.75, 3.05) is 6.54 Å². The molecule has 2 rings (SSSR count). The summed E-state index contributed by atoms with van der Waals surface area (Å²) in [6.45, 7) is 8.13. The zero-order chi connectivity index (χ0) is 12.8. The lowest BCUT2D eigenvalue weighted by Crippen LogP contribution is -2.73. The molecule has 1 saturated heterocycles. The predicted molar refractivity (Wildman–Crippen MR) is 65.4 cm³/mol. The van der Waals surface area contributed by atoms with Gasteiger partial charge in [0.25, 0.3) is 0 Å². The minimum absolute atomic E-state index is 0.0229. The van der Waals surface area contributed by atoms with Gasteiger partial charge in [0, 0.05) is 6.54 Å². The normalized spacial score (nSPS) is 32.6. The summed E-state index contributed by atoms with van der Waals surface area (Å²) in [6, 6.07) is 0. The quantitative estimate of drug-likeness (QED) is 0.805. The fourth-order valence-electron chi connectivity index (χ4n) is 2.35. The van der Waals surface area contributed by atoms with E-state index in [-0.39, 0.29) is 11.8 Å². The van der Waals surface area contributed by atoms with Crippen LogP contribution >= 0.6 is 0 Å². The van der Waals surface area contributed by atoms with Crippen molar-refractivity contribution in [1.82, 2.24) is 10.2 Å². The van der Waals surface area contributed by atoms with Crippen molar-refractivity contribution >= 4 is 11.8 Å². The van der Waals surface area contributed by atoms with Crippen LogP contribution in [0.4, 0.5) is 0 Å². The number of piperazine rings is 1. The number of carbonyl (C=O) groups is 2. The molecule has 1 N–H and O–H groups in total. The van der Waals surface area contributed by atoms with Crippen LogP contribution in [0.25, 0.3) is 0 Å². The van der Waals surface area contributed by atoms with Gasteiger partial charge >= 0.3 is 0 Å². The van der Waals surface area contributed by atoms with Gasteiger partial charge in [-0.2, -0.15) is 0 Å². The van der Waals surface area contributed by atoms with Gasteiger partial charge in [-0.05, 0) is 46.0 Å². The fraction of sp³-hybridized carbons (Fsp3) is 0.846. The highest BCUT2D eigenvalue weighted by molar-refractivity contribution is 6.01. The summed E-state index contributed by atoms with van der Waals surface area (Å²) in [5, 5.41) is 2.84. The Labute approximate surface area is 103 Å². The average molecular weight is 238 g/mol. The zero-order valence-corrected chi connectivity index (χ0v) is 11.2. The summed E-state index contributed by atoms with van der Waals surface area (Å²) in [5.41, 5.74) is -1.43. The van der Waals surface area contributed by atoms with Crippen LogP contribution in [0.1, 0.15) is 47.0 Å². The lowest BCUT2D eigenvalue weighted by molar-refractivity contribution is -0.161. The fourth-order valence-corrected chi connectivity index (χ4v) is 2.35. The predicted octanol–water partition coefficient (Wildman–Crippen LogP) is 1.30. The molecule has 1 unspecified atom stereocenters. The third kappa shape index (κ3) is 1.94. The van der Waals surface area contributed by atoms with Crippen molar-refractivity contribution in [2.45, 2.75) is 58.0 Å². The molecule has 0 aromatic carbocycles. The molecule has 2 fully saturated rings. The van der Waals surface area contributed by atoms with Crippen LogP contribution in [0.15, 0.2) is 0 Å². The van der Waals surface area contributed by atoms with E-state index in [1.807, 2.05) is 18.7 Å². The lowest BCUT2D eigenvalue weighted by atomic mass is 9.86. The minimum atomic E-state index is -0.763. The Kier molecular flexibility index (Phi) is 2.71. The highest BCUT2D eigenvalue weighted by Crippen LogP contribution is 2.36. The third-order valence-corrected chi connectivity index (χ3v) is 4.12. The molecular formula is C13H22N2O2. The Balaban J connectivity index is 2.30. The van der Waals surface area contributed by atoms with Gasteiger partial charge in [0.15, 0.2) is 0 Å². The van der Waals surface area contributed by atoms with E-state index in [4.69, 9.17) is 0 Å². The molecule has 4 heteroatoms. The first kappa shape index (κ1) is 12.4. The smallest absolute Gasteiger partial charge is 0.248 e. The van der Waals surface area contributed by atoms with E-state index in [9.17, 15) is 9.59 Å². The standard InChI is InChI=1S/C13H22N2O2/c1-5-13(4)10(16)14-12(2,3)11(17)15(13)8-9-6-7-9/h9H,5-8H2,1-4H3,(H,14,16). The van der Waals surface area contributed by atoms with Gasteiger partial charge in [0.05, 0.1) is 0 Å². The zero-order valence-electron chi connectivity index (χ0n) is 11.2. The van der Waals surface area contributed by atoms with E-state index < -0.39 is 11.1 Å². The molecule has 1 heterocycles. The molecule has 1 aliphatic heterocycles. The maximum absolute atomic E-state index is 12.4. The molecule has 0 aromatic heterocycles. The number of nitrogens with one attached hydrogen (secondary N) is 1. The maximum Gasteiger partial charge on any atom is 0.248 e. The Bertz CT molecular complexity index is 360. The third-order valence-electron chi connectivity index (χ3n) is 4.12. The number of hydrogen-bond donors (Lipinski definition) is 1. The second kappa shape index (κ2) is 3.72. The van der Waals surface area contributed by atoms with Gasteiger partial charge in [0.1, 0.15) is 11.1 Å². The summed E-state index contributed by atoms with van der Waals surface area (Å²) in [7, 11) is 0. The minimum Gasteiger partial charge on any atom is -0.340 e. The van der Waals surface area contributed by atoms with E-state index in [1.54, 1.807) is 13.8 Å². The monoisotopic (exact) mass is 238 g/mol. The maximum atomic E-state index is 12.4. The van der Waals surface area contributed by atoms with Crippen LogP contribution in [-0.4, -0.2) is 34.3 Å². The van der Waals surface area contributed by atoms with Gasteiger partial charge in [0.2, 0.25) is 11.8 Å². The highest BCUT2D eigenvalue weighted by atomic mass is 16.2. The van der Waals surface area contributed by atoms with Crippen molar-refractivity contribution in [2.24, 2.45) is 5.92 Å². The van der Waals surface area contributed by atoms with Gasteiger partial charge in [-0.25, -0.2) is 0 Å². The molecule has 0 aromatic rings. The van der Waals surface area contributed by atoms with E-state index in [1.165, 1.54) is 12.8 Å². The van der Waals surface area contributed by atoms with Crippen molar-refractivity contribution in [3.63, 3.8) is 0 Å². The largest absolute Gasteiger partial charge is 0.340 e. The van der Waals surface area contributed by atoms with Crippen LogP contribution in [0.3, 0.4) is 0 Å². The van der Waals surface area contributed by atoms with E-state index in [0.717, 1.165) is 6.54 Å². The molecule has 1 saturated carbocycles. The van der Waals surface area contributed by atoms with Crippen molar-refractivity contribution in [3.8, 4) is 0 Å². The Morgan fingerprint density at radius 2 is 1.88 bits per heavy atom. The van der Waals surface area contributed by atoms with Crippen LogP contribution in [-0.2, 0) is 9.59 Å². The molecule has 1 atom stereocenters. The number of nitrogens with zero attached hydrogens (tertiary/aromatic N) is 1. The number of carbonyl (C=O) groups excluding carboxylic acids is 2. The van der Waals surface area contributed by atoms with Gasteiger partial charge in [-0.15, -0.1) is 0 Å². The number of rotatable bonds is 3.